The van der Waals surface area contributed by atoms with Crippen LogP contribution in [-0.2, 0) is 10.2 Å². The maximum atomic E-state index is 10.7. The predicted molar refractivity (Wildman–Crippen MR) is 79.8 cm³/mol. The van der Waals surface area contributed by atoms with Crippen molar-refractivity contribution < 1.29 is 4.79 Å². The van der Waals surface area contributed by atoms with Crippen LogP contribution in [0.4, 0.5) is 0 Å². The lowest BCUT2D eigenvalue weighted by Gasteiger charge is -2.18. The van der Waals surface area contributed by atoms with Crippen molar-refractivity contribution in [2.24, 2.45) is 0 Å². The van der Waals surface area contributed by atoms with Gasteiger partial charge >= 0.3 is 0 Å². The molecule has 0 saturated heterocycles. The SMILES string of the molecule is CC(=O)SCCC#Cc1cccc(C(C)(C)C)c1. The summed E-state index contributed by atoms with van der Waals surface area (Å²) in [6.07, 6.45) is 0.754. The van der Waals surface area contributed by atoms with Crippen LogP contribution in [0.25, 0.3) is 0 Å². The largest absolute Gasteiger partial charge is 0.288 e. The van der Waals surface area contributed by atoms with Gasteiger partial charge < -0.3 is 0 Å². The lowest BCUT2D eigenvalue weighted by atomic mass is 9.86. The molecule has 0 aliphatic carbocycles. The maximum Gasteiger partial charge on any atom is 0.185 e. The van der Waals surface area contributed by atoms with Gasteiger partial charge in [0.25, 0.3) is 0 Å². The van der Waals surface area contributed by atoms with Gasteiger partial charge in [-0.1, -0.05) is 56.5 Å². The Labute approximate surface area is 114 Å². The molecule has 0 saturated carbocycles. The minimum absolute atomic E-state index is 0.155. The average Bonchev–Trinajstić information content (AvgIpc) is 2.27. The zero-order valence-electron chi connectivity index (χ0n) is 11.5. The molecule has 2 heteroatoms. The number of rotatable bonds is 2. The molecule has 1 rings (SSSR count). The van der Waals surface area contributed by atoms with Crippen LogP contribution in [0, 0.1) is 11.8 Å². The van der Waals surface area contributed by atoms with Gasteiger partial charge in [0.05, 0.1) is 0 Å². The monoisotopic (exact) mass is 260 g/mol. The first kappa shape index (κ1) is 14.9. The first-order valence-electron chi connectivity index (χ1n) is 6.12. The highest BCUT2D eigenvalue weighted by atomic mass is 32.2. The van der Waals surface area contributed by atoms with Crippen LogP contribution in [0.15, 0.2) is 24.3 Å². The van der Waals surface area contributed by atoms with E-state index >= 15 is 0 Å². The molecular weight excluding hydrogens is 240 g/mol. The van der Waals surface area contributed by atoms with Gasteiger partial charge in [-0.15, -0.1) is 0 Å². The number of thioether (sulfide) groups is 1. The Kier molecular flexibility index (Phi) is 5.50. The molecule has 0 amide bonds. The second-order valence-corrected chi connectivity index (χ2v) is 6.49. The quantitative estimate of drug-likeness (QED) is 0.590. The highest BCUT2D eigenvalue weighted by Gasteiger charge is 2.12. The van der Waals surface area contributed by atoms with Gasteiger partial charge in [0, 0.05) is 24.7 Å². The molecule has 18 heavy (non-hydrogen) atoms. The fourth-order valence-electron chi connectivity index (χ4n) is 1.47. The van der Waals surface area contributed by atoms with E-state index in [0.717, 1.165) is 17.7 Å². The van der Waals surface area contributed by atoms with Crippen LogP contribution in [0.1, 0.15) is 45.2 Å². The van der Waals surface area contributed by atoms with E-state index < -0.39 is 0 Å². The number of benzene rings is 1. The molecule has 0 atom stereocenters. The molecule has 0 fully saturated rings. The molecule has 0 aliphatic rings. The second kappa shape index (κ2) is 6.66. The summed E-state index contributed by atoms with van der Waals surface area (Å²) in [5.41, 5.74) is 2.50. The van der Waals surface area contributed by atoms with Crippen molar-refractivity contribution in [1.29, 1.82) is 0 Å². The van der Waals surface area contributed by atoms with E-state index in [2.05, 4.69) is 50.8 Å². The van der Waals surface area contributed by atoms with Crippen molar-refractivity contribution in [2.75, 3.05) is 5.75 Å². The van der Waals surface area contributed by atoms with Crippen molar-refractivity contribution in [3.8, 4) is 11.8 Å². The number of hydrogen-bond acceptors (Lipinski definition) is 2. The summed E-state index contributed by atoms with van der Waals surface area (Å²) in [5.74, 6) is 7.05. The molecule has 0 spiro atoms. The van der Waals surface area contributed by atoms with E-state index in [1.165, 1.54) is 17.3 Å². The molecule has 1 aromatic rings. The summed E-state index contributed by atoms with van der Waals surface area (Å²) in [7, 11) is 0. The number of hydrogen-bond donors (Lipinski definition) is 0. The third-order valence-electron chi connectivity index (χ3n) is 2.49. The summed E-state index contributed by atoms with van der Waals surface area (Å²) in [4.78, 5) is 10.7. The van der Waals surface area contributed by atoms with E-state index in [4.69, 9.17) is 0 Å². The lowest BCUT2D eigenvalue weighted by Crippen LogP contribution is -2.10. The molecule has 0 heterocycles. The van der Waals surface area contributed by atoms with Crippen LogP contribution < -0.4 is 0 Å². The molecule has 0 radical (unpaired) electrons. The zero-order valence-corrected chi connectivity index (χ0v) is 12.4. The Hall–Kier alpha value is -1.20. The highest BCUT2D eigenvalue weighted by molar-refractivity contribution is 8.13. The van der Waals surface area contributed by atoms with Gasteiger partial charge in [0.15, 0.2) is 5.12 Å². The topological polar surface area (TPSA) is 17.1 Å². The molecule has 1 nitrogen and oxygen atoms in total. The summed E-state index contributed by atoms with van der Waals surface area (Å²) in [6.45, 7) is 8.18. The molecule has 0 N–H and O–H groups in total. The number of carbonyl (C=O) groups is 1. The van der Waals surface area contributed by atoms with E-state index in [-0.39, 0.29) is 10.5 Å². The Balaban J connectivity index is 2.63. The van der Waals surface area contributed by atoms with Crippen LogP contribution in [0.3, 0.4) is 0 Å². The first-order chi connectivity index (χ1) is 8.39. The highest BCUT2D eigenvalue weighted by Crippen LogP contribution is 2.22. The Bertz CT molecular complexity index is 472. The van der Waals surface area contributed by atoms with Crippen molar-refractivity contribution in [3.05, 3.63) is 35.4 Å². The van der Waals surface area contributed by atoms with Crippen molar-refractivity contribution in [3.63, 3.8) is 0 Å². The maximum absolute atomic E-state index is 10.7. The minimum atomic E-state index is 0.155. The van der Waals surface area contributed by atoms with Crippen LogP contribution in [0.2, 0.25) is 0 Å². The first-order valence-corrected chi connectivity index (χ1v) is 7.11. The average molecular weight is 260 g/mol. The van der Waals surface area contributed by atoms with E-state index in [1.54, 1.807) is 6.92 Å². The van der Waals surface area contributed by atoms with Gasteiger partial charge in [-0.2, -0.15) is 0 Å². The van der Waals surface area contributed by atoms with Gasteiger partial charge in [-0.25, -0.2) is 0 Å². The van der Waals surface area contributed by atoms with Crippen LogP contribution in [0.5, 0.6) is 0 Å². The third-order valence-corrected chi connectivity index (χ3v) is 3.31. The van der Waals surface area contributed by atoms with Gasteiger partial charge in [-0.3, -0.25) is 4.79 Å². The van der Waals surface area contributed by atoms with Gasteiger partial charge in [0.2, 0.25) is 0 Å². The molecular formula is C16H20OS. The van der Waals surface area contributed by atoms with Crippen LogP contribution in [-0.4, -0.2) is 10.9 Å². The normalized spacial score (nSPS) is 10.7. The zero-order chi connectivity index (χ0) is 13.6. The molecule has 1 aromatic carbocycles. The molecule has 0 bridgehead atoms. The summed E-state index contributed by atoms with van der Waals surface area (Å²) in [5, 5.41) is 0.159. The van der Waals surface area contributed by atoms with Crippen molar-refractivity contribution >= 4 is 16.9 Å². The van der Waals surface area contributed by atoms with E-state index in [9.17, 15) is 4.79 Å². The second-order valence-electron chi connectivity index (χ2n) is 5.22. The number of carbonyl (C=O) groups excluding carboxylic acids is 1. The molecule has 0 unspecified atom stereocenters. The van der Waals surface area contributed by atoms with Crippen LogP contribution >= 0.6 is 11.8 Å². The summed E-state index contributed by atoms with van der Waals surface area (Å²) < 4.78 is 0. The minimum Gasteiger partial charge on any atom is -0.288 e. The lowest BCUT2D eigenvalue weighted by molar-refractivity contribution is -0.109. The molecule has 0 aliphatic heterocycles. The Morgan fingerprint density at radius 1 is 1.33 bits per heavy atom. The summed E-state index contributed by atoms with van der Waals surface area (Å²) >= 11 is 1.33. The summed E-state index contributed by atoms with van der Waals surface area (Å²) in [6, 6.07) is 8.36. The van der Waals surface area contributed by atoms with E-state index in [0.29, 0.717) is 0 Å². The van der Waals surface area contributed by atoms with E-state index in [1.807, 2.05) is 6.07 Å². The fourth-order valence-corrected chi connectivity index (χ4v) is 1.97. The standard InChI is InChI=1S/C16H20OS/c1-13(17)18-11-6-5-8-14-9-7-10-15(12-14)16(2,3)4/h7,9-10,12H,6,11H2,1-4H3. The van der Waals surface area contributed by atoms with Crippen molar-refractivity contribution in [2.45, 2.75) is 39.5 Å². The van der Waals surface area contributed by atoms with Crippen molar-refractivity contribution in [1.82, 2.24) is 0 Å². The Morgan fingerprint density at radius 3 is 2.67 bits per heavy atom. The van der Waals surface area contributed by atoms with Gasteiger partial charge in [0.1, 0.15) is 0 Å². The van der Waals surface area contributed by atoms with Gasteiger partial charge in [-0.05, 0) is 23.1 Å². The fraction of sp³-hybridized carbons (Fsp3) is 0.438. The smallest absolute Gasteiger partial charge is 0.185 e. The molecule has 0 aromatic heterocycles. The molecule has 96 valence electrons. The third kappa shape index (κ3) is 5.42. The predicted octanol–water partition coefficient (Wildman–Crippen LogP) is 4.01. The Morgan fingerprint density at radius 2 is 2.06 bits per heavy atom.